The molecule has 0 spiro atoms. The summed E-state index contributed by atoms with van der Waals surface area (Å²) in [5.74, 6) is -0.314. The molecule has 188 valence electrons. The van der Waals surface area contributed by atoms with Crippen molar-refractivity contribution in [3.63, 3.8) is 0 Å². The first-order valence-electron chi connectivity index (χ1n) is 12.0. The fourth-order valence-corrected chi connectivity index (χ4v) is 4.67. The molecule has 7 nitrogen and oxygen atoms in total. The van der Waals surface area contributed by atoms with Crippen molar-refractivity contribution in [3.05, 3.63) is 104 Å². The van der Waals surface area contributed by atoms with Crippen molar-refractivity contribution in [1.29, 1.82) is 0 Å². The van der Waals surface area contributed by atoms with Crippen LogP contribution in [0, 0.1) is 0 Å². The molecule has 3 aromatic carbocycles. The molecular weight excluding hydrogens is 494 g/mol. The normalized spacial score (nSPS) is 14.6. The van der Waals surface area contributed by atoms with E-state index in [0.29, 0.717) is 39.6 Å². The van der Waals surface area contributed by atoms with Crippen LogP contribution < -0.4 is 15.1 Å². The summed E-state index contributed by atoms with van der Waals surface area (Å²) in [4.78, 5) is 41.2. The van der Waals surface area contributed by atoms with Crippen LogP contribution in [0.15, 0.2) is 75.9 Å². The maximum absolute atomic E-state index is 13.8. The molecule has 5 rings (SSSR count). The lowest BCUT2D eigenvalue weighted by molar-refractivity contribution is 0.0526. The average Bonchev–Trinajstić information content (AvgIpc) is 3.20. The van der Waals surface area contributed by atoms with Crippen LogP contribution in [0.2, 0.25) is 5.02 Å². The minimum absolute atomic E-state index is 0.0285. The van der Waals surface area contributed by atoms with Crippen molar-refractivity contribution in [2.24, 2.45) is 0 Å². The second-order valence-corrected chi connectivity index (χ2v) is 9.02. The maximum Gasteiger partial charge on any atom is 0.338 e. The maximum atomic E-state index is 13.8. The van der Waals surface area contributed by atoms with Crippen LogP contribution in [-0.2, 0) is 4.74 Å². The quantitative estimate of drug-likeness (QED) is 0.273. The van der Waals surface area contributed by atoms with Gasteiger partial charge in [0.1, 0.15) is 11.3 Å². The number of carbonyl (C=O) groups excluding carboxylic acids is 2. The summed E-state index contributed by atoms with van der Waals surface area (Å²) in [5, 5.41) is 0.684. The minimum Gasteiger partial charge on any atom is -0.494 e. The van der Waals surface area contributed by atoms with Crippen LogP contribution in [0.25, 0.3) is 11.0 Å². The molecule has 0 fully saturated rings. The molecule has 2 heterocycles. The van der Waals surface area contributed by atoms with Gasteiger partial charge in [-0.25, -0.2) is 4.79 Å². The molecule has 0 radical (unpaired) electrons. The smallest absolute Gasteiger partial charge is 0.338 e. The Hall–Kier alpha value is -4.10. The fraction of sp³-hybridized carbons (Fsp3) is 0.207. The Morgan fingerprint density at radius 2 is 1.81 bits per heavy atom. The zero-order valence-corrected chi connectivity index (χ0v) is 21.1. The molecule has 4 aromatic rings. The molecule has 0 bridgehead atoms. The minimum atomic E-state index is -0.777. The zero-order valence-electron chi connectivity index (χ0n) is 20.3. The van der Waals surface area contributed by atoms with Crippen molar-refractivity contribution in [3.8, 4) is 5.75 Å². The standard InChI is InChI=1S/C29H24ClNO6/c1-3-14-36-21-7-5-6-18(15-21)25-24-26(32)22-16-19(30)10-13-23(22)37-27(24)28(33)31(25)20-11-8-17(9-12-20)29(34)35-4-2/h5-13,15-16,25H,3-4,14H2,1-2H3. The molecule has 1 aliphatic heterocycles. The van der Waals surface area contributed by atoms with Gasteiger partial charge in [0.15, 0.2) is 5.43 Å². The summed E-state index contributed by atoms with van der Waals surface area (Å²) in [5.41, 5.74) is 1.71. The van der Waals surface area contributed by atoms with Crippen molar-refractivity contribution in [2.75, 3.05) is 18.1 Å². The predicted molar refractivity (Wildman–Crippen MR) is 141 cm³/mol. The van der Waals surface area contributed by atoms with Crippen LogP contribution in [0.5, 0.6) is 5.75 Å². The monoisotopic (exact) mass is 517 g/mol. The number of anilines is 1. The number of ether oxygens (including phenoxy) is 2. The van der Waals surface area contributed by atoms with Crippen molar-refractivity contribution < 1.29 is 23.5 Å². The molecule has 1 aliphatic rings. The van der Waals surface area contributed by atoms with Gasteiger partial charge in [-0.3, -0.25) is 14.5 Å². The topological polar surface area (TPSA) is 86.0 Å². The molecule has 1 amide bonds. The summed E-state index contributed by atoms with van der Waals surface area (Å²) in [6.45, 7) is 4.54. The lowest BCUT2D eigenvalue weighted by atomic mass is 9.98. The molecule has 1 unspecified atom stereocenters. The highest BCUT2D eigenvalue weighted by molar-refractivity contribution is 6.31. The Bertz CT molecular complexity index is 1560. The summed E-state index contributed by atoms with van der Waals surface area (Å²) in [6.07, 6.45) is 0.838. The first-order chi connectivity index (χ1) is 17.9. The number of carbonyl (C=O) groups is 2. The number of benzene rings is 3. The van der Waals surface area contributed by atoms with E-state index in [-0.39, 0.29) is 28.9 Å². The van der Waals surface area contributed by atoms with Crippen LogP contribution >= 0.6 is 11.6 Å². The number of halogens is 1. The van der Waals surface area contributed by atoms with Crippen LogP contribution in [0.3, 0.4) is 0 Å². The lowest BCUT2D eigenvalue weighted by Crippen LogP contribution is -2.29. The summed E-state index contributed by atoms with van der Waals surface area (Å²) in [6, 6.07) is 17.8. The molecule has 1 atom stereocenters. The number of esters is 1. The first kappa shape index (κ1) is 24.6. The number of nitrogens with zero attached hydrogens (tertiary/aromatic N) is 1. The molecule has 37 heavy (non-hydrogen) atoms. The number of hydrogen-bond donors (Lipinski definition) is 0. The van der Waals surface area contributed by atoms with Gasteiger partial charge in [-0.1, -0.05) is 30.7 Å². The van der Waals surface area contributed by atoms with Crippen LogP contribution in [-0.4, -0.2) is 25.1 Å². The number of fused-ring (bicyclic) bond motifs is 2. The van der Waals surface area contributed by atoms with E-state index in [0.717, 1.165) is 6.42 Å². The van der Waals surface area contributed by atoms with Gasteiger partial charge >= 0.3 is 5.97 Å². The molecule has 8 heteroatoms. The van der Waals surface area contributed by atoms with E-state index in [1.807, 2.05) is 31.2 Å². The van der Waals surface area contributed by atoms with Gasteiger partial charge in [-0.05, 0) is 73.5 Å². The summed E-state index contributed by atoms with van der Waals surface area (Å²) < 4.78 is 16.9. The van der Waals surface area contributed by atoms with E-state index < -0.39 is 17.9 Å². The average molecular weight is 518 g/mol. The Morgan fingerprint density at radius 3 is 2.54 bits per heavy atom. The number of hydrogen-bond acceptors (Lipinski definition) is 6. The van der Waals surface area contributed by atoms with E-state index >= 15 is 0 Å². The molecule has 0 N–H and O–H groups in total. The van der Waals surface area contributed by atoms with Gasteiger partial charge < -0.3 is 13.9 Å². The zero-order chi connectivity index (χ0) is 26.1. The van der Waals surface area contributed by atoms with Crippen molar-refractivity contribution in [1.82, 2.24) is 0 Å². The lowest BCUT2D eigenvalue weighted by Gasteiger charge is -2.25. The molecule has 1 aromatic heterocycles. The third-order valence-electron chi connectivity index (χ3n) is 6.14. The largest absolute Gasteiger partial charge is 0.494 e. The Labute approximate surface area is 218 Å². The molecule has 0 saturated carbocycles. The second-order valence-electron chi connectivity index (χ2n) is 8.58. The van der Waals surface area contributed by atoms with E-state index in [1.165, 1.54) is 4.90 Å². The van der Waals surface area contributed by atoms with Crippen molar-refractivity contribution in [2.45, 2.75) is 26.3 Å². The SMILES string of the molecule is CCCOc1cccc(C2c3c(oc4ccc(Cl)cc4c3=O)C(=O)N2c2ccc(C(=O)OCC)cc2)c1. The van der Waals surface area contributed by atoms with Crippen molar-refractivity contribution >= 4 is 40.1 Å². The number of amides is 1. The van der Waals surface area contributed by atoms with E-state index in [2.05, 4.69) is 0 Å². The highest BCUT2D eigenvalue weighted by Gasteiger charge is 2.43. The highest BCUT2D eigenvalue weighted by atomic mass is 35.5. The van der Waals surface area contributed by atoms with Gasteiger partial charge in [0.25, 0.3) is 5.91 Å². The second kappa shape index (κ2) is 10.1. The Balaban J connectivity index is 1.69. The van der Waals surface area contributed by atoms with Gasteiger partial charge in [0.05, 0.1) is 35.8 Å². The highest BCUT2D eigenvalue weighted by Crippen LogP contribution is 2.42. The predicted octanol–water partition coefficient (Wildman–Crippen LogP) is 6.16. The van der Waals surface area contributed by atoms with E-state index in [4.69, 9.17) is 25.5 Å². The first-order valence-corrected chi connectivity index (χ1v) is 12.4. The third-order valence-corrected chi connectivity index (χ3v) is 6.37. The van der Waals surface area contributed by atoms with Crippen LogP contribution in [0.1, 0.15) is 58.3 Å². The van der Waals surface area contributed by atoms with E-state index in [1.54, 1.807) is 49.4 Å². The van der Waals surface area contributed by atoms with Crippen LogP contribution in [0.4, 0.5) is 5.69 Å². The Kier molecular flexibility index (Phi) is 6.72. The van der Waals surface area contributed by atoms with Gasteiger partial charge in [0.2, 0.25) is 5.76 Å². The fourth-order valence-electron chi connectivity index (χ4n) is 4.49. The van der Waals surface area contributed by atoms with Gasteiger partial charge in [-0.2, -0.15) is 0 Å². The Morgan fingerprint density at radius 1 is 1.03 bits per heavy atom. The number of rotatable bonds is 7. The van der Waals surface area contributed by atoms with Gasteiger partial charge in [-0.15, -0.1) is 0 Å². The third kappa shape index (κ3) is 4.47. The molecular formula is C29H24ClNO6. The van der Waals surface area contributed by atoms with Gasteiger partial charge in [0, 0.05) is 10.7 Å². The molecule has 0 aliphatic carbocycles. The van der Waals surface area contributed by atoms with E-state index in [9.17, 15) is 14.4 Å². The summed E-state index contributed by atoms with van der Waals surface area (Å²) in [7, 11) is 0. The molecule has 0 saturated heterocycles. The summed E-state index contributed by atoms with van der Waals surface area (Å²) >= 11 is 6.17.